The Kier molecular flexibility index (Phi) is 5.18. The molecular weight excluding hydrogens is 140 g/mol. The number of hydrogen-bond donors (Lipinski definition) is 1. The van der Waals surface area contributed by atoms with Crippen LogP contribution in [0.1, 0.15) is 26.7 Å². The van der Waals surface area contributed by atoms with Crippen LogP contribution in [0.4, 0.5) is 0 Å². The van der Waals surface area contributed by atoms with E-state index in [1.54, 1.807) is 0 Å². The maximum absolute atomic E-state index is 10.8. The molecule has 1 N–H and O–H groups in total. The van der Waals surface area contributed by atoms with Gasteiger partial charge in [0, 0.05) is 6.42 Å². The molecule has 0 aromatic heterocycles. The fourth-order valence-corrected chi connectivity index (χ4v) is 0.646. The van der Waals surface area contributed by atoms with E-state index in [1.165, 1.54) is 0 Å². The fraction of sp³-hybridized carbons (Fsp3) is 0.750. The first-order valence-electron chi connectivity index (χ1n) is 3.80. The quantitative estimate of drug-likeness (QED) is 0.615. The molecule has 1 amide bonds. The molecule has 0 unspecified atom stereocenters. The molecule has 3 nitrogen and oxygen atoms in total. The topological polar surface area (TPSA) is 52.9 Å². The smallest absolute Gasteiger partial charge is 0.220 e. The summed E-state index contributed by atoms with van der Waals surface area (Å²) in [6.07, 6.45) is 1.41. The third-order valence-corrected chi connectivity index (χ3v) is 1.31. The molecule has 0 fully saturated rings. The minimum Gasteiger partial charge on any atom is -0.343 e. The fourth-order valence-electron chi connectivity index (χ4n) is 0.646. The van der Waals surface area contributed by atoms with E-state index in [2.05, 4.69) is 19.2 Å². The van der Waals surface area contributed by atoms with Gasteiger partial charge in [-0.25, -0.2) is 0 Å². The van der Waals surface area contributed by atoms with Gasteiger partial charge in [0.25, 0.3) is 0 Å². The number of nitriles is 1. The summed E-state index contributed by atoms with van der Waals surface area (Å²) in [7, 11) is 0. The van der Waals surface area contributed by atoms with Crippen LogP contribution in [0.25, 0.3) is 0 Å². The van der Waals surface area contributed by atoms with Gasteiger partial charge in [0.15, 0.2) is 0 Å². The Morgan fingerprint density at radius 3 is 2.73 bits per heavy atom. The molecule has 0 aromatic carbocycles. The maximum Gasteiger partial charge on any atom is 0.220 e. The molecule has 0 heterocycles. The zero-order chi connectivity index (χ0) is 8.69. The maximum atomic E-state index is 10.8. The average molecular weight is 154 g/mol. The molecule has 0 spiro atoms. The Morgan fingerprint density at radius 2 is 2.27 bits per heavy atom. The van der Waals surface area contributed by atoms with Crippen LogP contribution in [0.15, 0.2) is 0 Å². The van der Waals surface area contributed by atoms with Gasteiger partial charge in [-0.3, -0.25) is 4.79 Å². The second-order valence-corrected chi connectivity index (χ2v) is 2.87. The Bertz CT molecular complexity index is 158. The lowest BCUT2D eigenvalue weighted by Crippen LogP contribution is -2.23. The number of hydrogen-bond acceptors (Lipinski definition) is 2. The molecule has 0 rings (SSSR count). The second-order valence-electron chi connectivity index (χ2n) is 2.87. The third-order valence-electron chi connectivity index (χ3n) is 1.31. The summed E-state index contributed by atoms with van der Waals surface area (Å²) in [6, 6.07) is 1.85. The Hall–Kier alpha value is -1.04. The first kappa shape index (κ1) is 9.96. The van der Waals surface area contributed by atoms with Crippen LogP contribution in [0.2, 0.25) is 0 Å². The predicted molar refractivity (Wildman–Crippen MR) is 42.7 cm³/mol. The lowest BCUT2D eigenvalue weighted by Gasteiger charge is -2.02. The zero-order valence-electron chi connectivity index (χ0n) is 7.05. The van der Waals surface area contributed by atoms with Crippen molar-refractivity contribution in [3.63, 3.8) is 0 Å². The second kappa shape index (κ2) is 5.72. The van der Waals surface area contributed by atoms with Crippen molar-refractivity contribution in [2.45, 2.75) is 26.7 Å². The van der Waals surface area contributed by atoms with Crippen LogP contribution in [0, 0.1) is 17.2 Å². The highest BCUT2D eigenvalue weighted by atomic mass is 16.1. The monoisotopic (exact) mass is 154 g/mol. The normalized spacial score (nSPS) is 9.27. The van der Waals surface area contributed by atoms with Crippen molar-refractivity contribution in [3.8, 4) is 6.07 Å². The number of carbonyl (C=O) groups excluding carboxylic acids is 1. The molecule has 0 aliphatic rings. The summed E-state index contributed by atoms with van der Waals surface area (Å²) in [4.78, 5) is 10.8. The highest BCUT2D eigenvalue weighted by Crippen LogP contribution is 2.02. The van der Waals surface area contributed by atoms with Crippen LogP contribution in [0.5, 0.6) is 0 Å². The lowest BCUT2D eigenvalue weighted by atomic mass is 10.1. The Morgan fingerprint density at radius 1 is 1.64 bits per heavy atom. The summed E-state index contributed by atoms with van der Waals surface area (Å²) in [6.45, 7) is 4.26. The summed E-state index contributed by atoms with van der Waals surface area (Å²) >= 11 is 0. The van der Waals surface area contributed by atoms with Crippen LogP contribution in [0.3, 0.4) is 0 Å². The van der Waals surface area contributed by atoms with Gasteiger partial charge in [0.05, 0.1) is 6.07 Å². The molecule has 3 heteroatoms. The lowest BCUT2D eigenvalue weighted by molar-refractivity contribution is -0.121. The van der Waals surface area contributed by atoms with E-state index in [0.29, 0.717) is 12.3 Å². The summed E-state index contributed by atoms with van der Waals surface area (Å²) in [5.41, 5.74) is 0. The van der Waals surface area contributed by atoms with Gasteiger partial charge >= 0.3 is 0 Å². The highest BCUT2D eigenvalue weighted by Gasteiger charge is 2.01. The Balaban J connectivity index is 3.32. The Labute approximate surface area is 67.4 Å². The van der Waals surface area contributed by atoms with Gasteiger partial charge in [0.2, 0.25) is 5.91 Å². The van der Waals surface area contributed by atoms with Gasteiger partial charge in [0.1, 0.15) is 6.54 Å². The van der Waals surface area contributed by atoms with E-state index < -0.39 is 0 Å². The minimum absolute atomic E-state index is 0.0275. The van der Waals surface area contributed by atoms with Crippen LogP contribution < -0.4 is 5.32 Å². The van der Waals surface area contributed by atoms with E-state index in [1.807, 2.05) is 6.07 Å². The molecule has 0 radical (unpaired) electrons. The van der Waals surface area contributed by atoms with Gasteiger partial charge < -0.3 is 5.32 Å². The zero-order valence-corrected chi connectivity index (χ0v) is 7.05. The summed E-state index contributed by atoms with van der Waals surface area (Å²) in [5.74, 6) is 0.517. The number of nitrogens with zero attached hydrogens (tertiary/aromatic N) is 1. The molecular formula is C8H14N2O. The van der Waals surface area contributed by atoms with Crippen molar-refractivity contribution in [3.05, 3.63) is 0 Å². The standard InChI is InChI=1S/C8H14N2O/c1-7(2)3-4-8(11)10-6-5-9/h7H,3-4,6H2,1-2H3,(H,10,11). The molecule has 0 saturated heterocycles. The molecule has 0 aliphatic carbocycles. The van der Waals surface area contributed by atoms with E-state index in [9.17, 15) is 4.79 Å². The largest absolute Gasteiger partial charge is 0.343 e. The van der Waals surface area contributed by atoms with Crippen LogP contribution >= 0.6 is 0 Å². The van der Waals surface area contributed by atoms with Crippen LogP contribution in [-0.4, -0.2) is 12.5 Å². The van der Waals surface area contributed by atoms with Crippen molar-refractivity contribution in [2.75, 3.05) is 6.54 Å². The molecule has 0 saturated carbocycles. The van der Waals surface area contributed by atoms with Gasteiger partial charge in [-0.2, -0.15) is 5.26 Å². The summed E-state index contributed by atoms with van der Waals surface area (Å²) in [5, 5.41) is 10.6. The summed E-state index contributed by atoms with van der Waals surface area (Å²) < 4.78 is 0. The SMILES string of the molecule is CC(C)CCC(=O)NCC#N. The number of amides is 1. The van der Waals surface area contributed by atoms with Gasteiger partial charge in [-0.05, 0) is 12.3 Å². The van der Waals surface area contributed by atoms with Crippen molar-refractivity contribution in [2.24, 2.45) is 5.92 Å². The number of nitrogens with one attached hydrogen (secondary N) is 1. The van der Waals surface area contributed by atoms with Gasteiger partial charge in [-0.1, -0.05) is 13.8 Å². The number of rotatable bonds is 4. The average Bonchev–Trinajstić information content (AvgIpc) is 1.97. The third kappa shape index (κ3) is 6.85. The van der Waals surface area contributed by atoms with E-state index in [0.717, 1.165) is 6.42 Å². The van der Waals surface area contributed by atoms with Crippen molar-refractivity contribution in [1.29, 1.82) is 5.26 Å². The van der Waals surface area contributed by atoms with E-state index in [4.69, 9.17) is 5.26 Å². The number of carbonyl (C=O) groups is 1. The molecule has 0 aromatic rings. The predicted octanol–water partition coefficient (Wildman–Crippen LogP) is 1.06. The van der Waals surface area contributed by atoms with Gasteiger partial charge in [-0.15, -0.1) is 0 Å². The highest BCUT2D eigenvalue weighted by molar-refractivity contribution is 5.76. The van der Waals surface area contributed by atoms with E-state index in [-0.39, 0.29) is 12.5 Å². The molecule has 0 bridgehead atoms. The first-order chi connectivity index (χ1) is 5.16. The molecule has 0 aliphatic heterocycles. The van der Waals surface area contributed by atoms with Crippen molar-refractivity contribution < 1.29 is 4.79 Å². The first-order valence-corrected chi connectivity index (χ1v) is 3.80. The molecule has 0 atom stereocenters. The minimum atomic E-state index is -0.0275. The van der Waals surface area contributed by atoms with Crippen molar-refractivity contribution in [1.82, 2.24) is 5.32 Å². The molecule has 62 valence electrons. The van der Waals surface area contributed by atoms with E-state index >= 15 is 0 Å². The molecule has 11 heavy (non-hydrogen) atoms. The van der Waals surface area contributed by atoms with Crippen molar-refractivity contribution >= 4 is 5.91 Å². The van der Waals surface area contributed by atoms with Crippen LogP contribution in [-0.2, 0) is 4.79 Å².